The van der Waals surface area contributed by atoms with E-state index in [2.05, 4.69) is 10.6 Å². The number of hydrogen-bond donors (Lipinski definition) is 2. The zero-order valence-electron chi connectivity index (χ0n) is 12.9. The molecule has 22 heavy (non-hydrogen) atoms. The van der Waals surface area contributed by atoms with Crippen LogP contribution in [0.2, 0.25) is 0 Å². The molecule has 0 saturated carbocycles. The summed E-state index contributed by atoms with van der Waals surface area (Å²) in [5.74, 6) is -0.366. The molecule has 2 aromatic carbocycles. The summed E-state index contributed by atoms with van der Waals surface area (Å²) in [6.07, 6.45) is 0. The lowest BCUT2D eigenvalue weighted by atomic mass is 10.1. The van der Waals surface area contributed by atoms with Gasteiger partial charge in [-0.1, -0.05) is 42.5 Å². The van der Waals surface area contributed by atoms with Gasteiger partial charge in [0, 0.05) is 18.2 Å². The van der Waals surface area contributed by atoms with Gasteiger partial charge in [-0.15, -0.1) is 0 Å². The highest BCUT2D eigenvalue weighted by atomic mass is 19.1. The van der Waals surface area contributed by atoms with Crippen LogP contribution < -0.4 is 10.6 Å². The number of rotatable bonds is 6. The lowest BCUT2D eigenvalue weighted by Gasteiger charge is -2.15. The minimum Gasteiger partial charge on any atom is -0.351 e. The molecule has 0 fully saturated rings. The number of aryl methyl sites for hydroxylation is 1. The predicted molar refractivity (Wildman–Crippen MR) is 85.8 cm³/mol. The summed E-state index contributed by atoms with van der Waals surface area (Å²) in [5.41, 5.74) is 2.81. The zero-order valence-corrected chi connectivity index (χ0v) is 12.9. The van der Waals surface area contributed by atoms with Gasteiger partial charge >= 0.3 is 0 Å². The summed E-state index contributed by atoms with van der Waals surface area (Å²) < 4.78 is 13.6. The second-order valence-corrected chi connectivity index (χ2v) is 5.33. The van der Waals surface area contributed by atoms with Crippen LogP contribution in [-0.4, -0.2) is 12.5 Å². The molecule has 0 aromatic heterocycles. The topological polar surface area (TPSA) is 41.1 Å². The molecule has 4 heteroatoms. The van der Waals surface area contributed by atoms with Crippen LogP contribution in [0.1, 0.15) is 29.7 Å². The Bertz CT molecular complexity index is 642. The van der Waals surface area contributed by atoms with Crippen molar-refractivity contribution in [2.75, 3.05) is 6.54 Å². The molecule has 3 nitrogen and oxygen atoms in total. The van der Waals surface area contributed by atoms with E-state index in [1.54, 1.807) is 18.2 Å². The summed E-state index contributed by atoms with van der Waals surface area (Å²) in [6, 6.07) is 14.3. The van der Waals surface area contributed by atoms with E-state index in [9.17, 15) is 9.18 Å². The van der Waals surface area contributed by atoms with E-state index in [1.807, 2.05) is 38.1 Å². The average molecular weight is 300 g/mol. The fraction of sp³-hybridized carbons (Fsp3) is 0.278. The smallest absolute Gasteiger partial charge is 0.234 e. The van der Waals surface area contributed by atoms with Crippen molar-refractivity contribution < 1.29 is 9.18 Å². The standard InChI is InChI=1S/C18H21FN2O/c1-13-7-3-4-8-15(13)11-21-18(22)12-20-14(2)16-9-5-6-10-17(16)19/h3-10,14,20H,11-12H2,1-2H3,(H,21,22). The number of hydrogen-bond acceptors (Lipinski definition) is 2. The maximum atomic E-state index is 13.6. The van der Waals surface area contributed by atoms with Crippen LogP contribution in [0.25, 0.3) is 0 Å². The normalized spacial score (nSPS) is 12.0. The Morgan fingerprint density at radius 2 is 1.82 bits per heavy atom. The van der Waals surface area contributed by atoms with Gasteiger partial charge in [0.05, 0.1) is 6.54 Å². The van der Waals surface area contributed by atoms with Crippen LogP contribution in [0.15, 0.2) is 48.5 Å². The molecule has 0 radical (unpaired) electrons. The first kappa shape index (κ1) is 16.2. The molecule has 0 bridgehead atoms. The predicted octanol–water partition coefficient (Wildman–Crippen LogP) is 3.10. The molecular formula is C18H21FN2O. The van der Waals surface area contributed by atoms with Crippen molar-refractivity contribution in [3.05, 3.63) is 71.0 Å². The minimum absolute atomic E-state index is 0.105. The fourth-order valence-corrected chi connectivity index (χ4v) is 2.25. The first-order valence-electron chi connectivity index (χ1n) is 7.37. The monoisotopic (exact) mass is 300 g/mol. The fourth-order valence-electron chi connectivity index (χ4n) is 2.25. The van der Waals surface area contributed by atoms with Gasteiger partial charge in [-0.05, 0) is 31.0 Å². The van der Waals surface area contributed by atoms with Crippen molar-refractivity contribution >= 4 is 5.91 Å². The average Bonchev–Trinajstić information content (AvgIpc) is 2.52. The third-order valence-corrected chi connectivity index (χ3v) is 3.68. The molecule has 1 unspecified atom stereocenters. The van der Waals surface area contributed by atoms with Crippen LogP contribution >= 0.6 is 0 Å². The Hall–Kier alpha value is -2.20. The molecule has 116 valence electrons. The Kier molecular flexibility index (Phi) is 5.67. The molecule has 0 aliphatic heterocycles. The summed E-state index contributed by atoms with van der Waals surface area (Å²) in [6.45, 7) is 4.51. The lowest BCUT2D eigenvalue weighted by molar-refractivity contribution is -0.120. The highest BCUT2D eigenvalue weighted by molar-refractivity contribution is 5.78. The number of carbonyl (C=O) groups excluding carboxylic acids is 1. The second-order valence-electron chi connectivity index (χ2n) is 5.33. The van der Waals surface area contributed by atoms with E-state index >= 15 is 0 Å². The molecule has 1 amide bonds. The van der Waals surface area contributed by atoms with E-state index in [1.165, 1.54) is 6.07 Å². The van der Waals surface area contributed by atoms with Crippen LogP contribution in [0.4, 0.5) is 4.39 Å². The third kappa shape index (κ3) is 4.40. The summed E-state index contributed by atoms with van der Waals surface area (Å²) >= 11 is 0. The van der Waals surface area contributed by atoms with E-state index in [-0.39, 0.29) is 24.3 Å². The number of carbonyl (C=O) groups is 1. The van der Waals surface area contributed by atoms with E-state index in [0.717, 1.165) is 11.1 Å². The first-order chi connectivity index (χ1) is 10.6. The largest absolute Gasteiger partial charge is 0.351 e. The van der Waals surface area contributed by atoms with Crippen molar-refractivity contribution in [2.24, 2.45) is 0 Å². The number of benzene rings is 2. The molecule has 0 saturated heterocycles. The minimum atomic E-state index is -0.261. The van der Waals surface area contributed by atoms with E-state index < -0.39 is 0 Å². The van der Waals surface area contributed by atoms with Gasteiger partial charge in [0.2, 0.25) is 5.91 Å². The molecule has 0 aliphatic carbocycles. The zero-order chi connectivity index (χ0) is 15.9. The quantitative estimate of drug-likeness (QED) is 0.860. The van der Waals surface area contributed by atoms with Gasteiger partial charge in [-0.2, -0.15) is 0 Å². The number of nitrogens with one attached hydrogen (secondary N) is 2. The van der Waals surface area contributed by atoms with Crippen molar-refractivity contribution in [2.45, 2.75) is 26.4 Å². The molecule has 1 atom stereocenters. The highest BCUT2D eigenvalue weighted by Gasteiger charge is 2.11. The Balaban J connectivity index is 1.81. The van der Waals surface area contributed by atoms with Gasteiger partial charge < -0.3 is 10.6 Å². The molecule has 2 rings (SSSR count). The summed E-state index contributed by atoms with van der Waals surface area (Å²) in [4.78, 5) is 11.9. The van der Waals surface area contributed by atoms with Crippen molar-refractivity contribution in [3.8, 4) is 0 Å². The van der Waals surface area contributed by atoms with Crippen molar-refractivity contribution in [3.63, 3.8) is 0 Å². The van der Waals surface area contributed by atoms with E-state index in [0.29, 0.717) is 12.1 Å². The second kappa shape index (κ2) is 7.71. The van der Waals surface area contributed by atoms with Gasteiger partial charge in [0.15, 0.2) is 0 Å². The first-order valence-corrected chi connectivity index (χ1v) is 7.37. The van der Waals surface area contributed by atoms with Gasteiger partial charge in [-0.25, -0.2) is 4.39 Å². The Labute approximate surface area is 130 Å². The van der Waals surface area contributed by atoms with Gasteiger partial charge in [-0.3, -0.25) is 4.79 Å². The van der Waals surface area contributed by atoms with Crippen LogP contribution in [0, 0.1) is 12.7 Å². The maximum absolute atomic E-state index is 13.6. The van der Waals surface area contributed by atoms with E-state index in [4.69, 9.17) is 0 Å². The summed E-state index contributed by atoms with van der Waals surface area (Å²) in [7, 11) is 0. The molecule has 2 N–H and O–H groups in total. The molecule has 2 aromatic rings. The molecular weight excluding hydrogens is 279 g/mol. The van der Waals surface area contributed by atoms with Crippen molar-refractivity contribution in [1.82, 2.24) is 10.6 Å². The van der Waals surface area contributed by atoms with Gasteiger partial charge in [0.1, 0.15) is 5.82 Å². The lowest BCUT2D eigenvalue weighted by Crippen LogP contribution is -2.35. The van der Waals surface area contributed by atoms with Crippen LogP contribution in [0.3, 0.4) is 0 Å². The Morgan fingerprint density at radius 3 is 2.55 bits per heavy atom. The molecule has 0 aliphatic rings. The van der Waals surface area contributed by atoms with Crippen LogP contribution in [-0.2, 0) is 11.3 Å². The summed E-state index contributed by atoms with van der Waals surface area (Å²) in [5, 5.41) is 5.90. The third-order valence-electron chi connectivity index (χ3n) is 3.68. The molecule has 0 heterocycles. The van der Waals surface area contributed by atoms with Gasteiger partial charge in [0.25, 0.3) is 0 Å². The number of amides is 1. The number of halogens is 1. The van der Waals surface area contributed by atoms with Crippen LogP contribution in [0.5, 0.6) is 0 Å². The molecule has 0 spiro atoms. The highest BCUT2D eigenvalue weighted by Crippen LogP contribution is 2.15. The maximum Gasteiger partial charge on any atom is 0.234 e. The SMILES string of the molecule is Cc1ccccc1CNC(=O)CNC(C)c1ccccc1F. The van der Waals surface area contributed by atoms with Crippen molar-refractivity contribution in [1.29, 1.82) is 0 Å². The Morgan fingerprint density at radius 1 is 1.14 bits per heavy atom.